The molecule has 7 nitrogen and oxygen atoms in total. The SMILES string of the molecule is COc1cc(/C=C2/SC(=Nc3ccc(C)cc3)N(C(C)C)C2=O)ccc1OCC(N)=O. The Labute approximate surface area is 185 Å². The van der Waals surface area contributed by atoms with Crippen LogP contribution in [0, 0.1) is 6.92 Å². The Hall–Kier alpha value is -3.26. The van der Waals surface area contributed by atoms with Gasteiger partial charge in [0, 0.05) is 6.04 Å². The minimum absolute atomic E-state index is 0.0331. The number of thioether (sulfide) groups is 1. The summed E-state index contributed by atoms with van der Waals surface area (Å²) in [5.41, 5.74) is 7.84. The molecule has 1 heterocycles. The van der Waals surface area contributed by atoms with E-state index in [-0.39, 0.29) is 18.6 Å². The van der Waals surface area contributed by atoms with Crippen molar-refractivity contribution in [2.24, 2.45) is 10.7 Å². The van der Waals surface area contributed by atoms with Gasteiger partial charge in [0.25, 0.3) is 11.8 Å². The second kappa shape index (κ2) is 9.70. The van der Waals surface area contributed by atoms with Gasteiger partial charge in [-0.3, -0.25) is 14.5 Å². The van der Waals surface area contributed by atoms with Crippen LogP contribution < -0.4 is 15.2 Å². The molecule has 2 N–H and O–H groups in total. The first-order valence-corrected chi connectivity index (χ1v) is 10.6. The van der Waals surface area contributed by atoms with E-state index in [2.05, 4.69) is 4.99 Å². The van der Waals surface area contributed by atoms with Crippen LogP contribution in [0.15, 0.2) is 52.4 Å². The number of hydrogen-bond donors (Lipinski definition) is 1. The number of amidine groups is 1. The van der Waals surface area contributed by atoms with Crippen LogP contribution >= 0.6 is 11.8 Å². The molecule has 1 saturated heterocycles. The number of benzene rings is 2. The maximum absolute atomic E-state index is 13.1. The summed E-state index contributed by atoms with van der Waals surface area (Å²) >= 11 is 1.34. The largest absolute Gasteiger partial charge is 0.493 e. The molecule has 1 aliphatic heterocycles. The van der Waals surface area contributed by atoms with Crippen molar-refractivity contribution in [3.05, 3.63) is 58.5 Å². The Morgan fingerprint density at radius 1 is 1.19 bits per heavy atom. The van der Waals surface area contributed by atoms with Gasteiger partial charge in [0.15, 0.2) is 23.3 Å². The quantitative estimate of drug-likeness (QED) is 0.661. The van der Waals surface area contributed by atoms with Crippen LogP contribution in [0.25, 0.3) is 6.08 Å². The first-order valence-electron chi connectivity index (χ1n) is 9.76. The Kier molecular flexibility index (Phi) is 7.02. The van der Waals surface area contributed by atoms with Crippen molar-refractivity contribution < 1.29 is 19.1 Å². The molecule has 0 atom stereocenters. The van der Waals surface area contributed by atoms with Crippen LogP contribution in [0.5, 0.6) is 11.5 Å². The Bertz CT molecular complexity index is 1050. The van der Waals surface area contributed by atoms with Gasteiger partial charge in [0.05, 0.1) is 17.7 Å². The zero-order valence-electron chi connectivity index (χ0n) is 17.9. The molecule has 2 amide bonds. The minimum atomic E-state index is -0.574. The van der Waals surface area contributed by atoms with Crippen LogP contribution in [0.3, 0.4) is 0 Å². The number of rotatable bonds is 7. The third kappa shape index (κ3) is 5.46. The lowest BCUT2D eigenvalue weighted by Crippen LogP contribution is -2.35. The molecule has 8 heteroatoms. The Balaban J connectivity index is 1.90. The van der Waals surface area contributed by atoms with E-state index in [9.17, 15) is 9.59 Å². The van der Waals surface area contributed by atoms with E-state index in [0.29, 0.717) is 21.6 Å². The predicted molar refractivity (Wildman–Crippen MR) is 124 cm³/mol. The number of aryl methyl sites for hydroxylation is 1. The smallest absolute Gasteiger partial charge is 0.266 e. The van der Waals surface area contributed by atoms with Crippen molar-refractivity contribution >= 4 is 40.5 Å². The summed E-state index contributed by atoms with van der Waals surface area (Å²) in [4.78, 5) is 31.0. The van der Waals surface area contributed by atoms with Crippen molar-refractivity contribution in [1.82, 2.24) is 4.90 Å². The number of aliphatic imine (C=N–C) groups is 1. The van der Waals surface area contributed by atoms with Gasteiger partial charge in [0.1, 0.15) is 0 Å². The topological polar surface area (TPSA) is 94.2 Å². The molecule has 0 aromatic heterocycles. The first kappa shape index (κ1) is 22.4. The molecule has 2 aromatic rings. The second-order valence-corrected chi connectivity index (χ2v) is 8.28. The standard InChI is InChI=1S/C23H25N3O4S/c1-14(2)26-22(28)20(31-23(26)25-17-8-5-15(3)6-9-17)12-16-7-10-18(19(11-16)29-4)30-13-21(24)27/h5-12,14H,13H2,1-4H3,(H2,24,27)/b20-12+,25-23?. The normalized spacial score (nSPS) is 16.4. The average molecular weight is 440 g/mol. The van der Waals surface area contributed by atoms with E-state index < -0.39 is 5.91 Å². The number of primary amides is 1. The molecule has 0 aliphatic carbocycles. The number of carbonyl (C=O) groups excluding carboxylic acids is 2. The van der Waals surface area contributed by atoms with Crippen molar-refractivity contribution in [3.8, 4) is 11.5 Å². The number of nitrogens with zero attached hydrogens (tertiary/aromatic N) is 2. The lowest BCUT2D eigenvalue weighted by Gasteiger charge is -2.19. The van der Waals surface area contributed by atoms with Crippen LogP contribution in [0.4, 0.5) is 5.69 Å². The minimum Gasteiger partial charge on any atom is -0.493 e. The fraction of sp³-hybridized carbons (Fsp3) is 0.261. The van der Waals surface area contributed by atoms with E-state index >= 15 is 0 Å². The molecule has 0 radical (unpaired) electrons. The lowest BCUT2D eigenvalue weighted by atomic mass is 10.1. The molecule has 3 rings (SSSR count). The molecular formula is C23H25N3O4S. The third-order valence-electron chi connectivity index (χ3n) is 4.47. The van der Waals surface area contributed by atoms with Gasteiger partial charge in [-0.15, -0.1) is 0 Å². The number of ether oxygens (including phenoxy) is 2. The van der Waals surface area contributed by atoms with Crippen molar-refractivity contribution in [2.45, 2.75) is 26.8 Å². The van der Waals surface area contributed by atoms with E-state index in [1.165, 1.54) is 18.9 Å². The summed E-state index contributed by atoms with van der Waals surface area (Å²) < 4.78 is 10.7. The monoisotopic (exact) mass is 439 g/mol. The van der Waals surface area contributed by atoms with Crippen molar-refractivity contribution in [3.63, 3.8) is 0 Å². The average Bonchev–Trinajstić information content (AvgIpc) is 3.03. The number of nitrogens with two attached hydrogens (primary N) is 1. The molecule has 0 unspecified atom stereocenters. The van der Waals surface area contributed by atoms with Crippen molar-refractivity contribution in [1.29, 1.82) is 0 Å². The molecule has 1 fully saturated rings. The highest BCUT2D eigenvalue weighted by Gasteiger charge is 2.35. The number of carbonyl (C=O) groups is 2. The van der Waals surface area contributed by atoms with Gasteiger partial charge in [-0.2, -0.15) is 0 Å². The fourth-order valence-electron chi connectivity index (χ4n) is 2.94. The highest BCUT2D eigenvalue weighted by atomic mass is 32.2. The summed E-state index contributed by atoms with van der Waals surface area (Å²) in [5.74, 6) is 0.175. The van der Waals surface area contributed by atoms with Crippen LogP contribution in [-0.2, 0) is 9.59 Å². The predicted octanol–water partition coefficient (Wildman–Crippen LogP) is 3.88. The number of hydrogen-bond acceptors (Lipinski definition) is 6. The van der Waals surface area contributed by atoms with Gasteiger partial charge < -0.3 is 15.2 Å². The summed E-state index contributed by atoms with van der Waals surface area (Å²) in [6, 6.07) is 13.0. The second-order valence-electron chi connectivity index (χ2n) is 7.27. The fourth-order valence-corrected chi connectivity index (χ4v) is 4.06. The molecule has 162 valence electrons. The highest BCUT2D eigenvalue weighted by Crippen LogP contribution is 2.36. The molecular weight excluding hydrogens is 414 g/mol. The maximum atomic E-state index is 13.1. The number of amides is 2. The molecule has 0 saturated carbocycles. The van der Waals surface area contributed by atoms with E-state index in [1.54, 1.807) is 29.2 Å². The van der Waals surface area contributed by atoms with Gasteiger partial charge in [-0.05, 0) is 68.4 Å². The third-order valence-corrected chi connectivity index (χ3v) is 5.45. The highest BCUT2D eigenvalue weighted by molar-refractivity contribution is 8.18. The zero-order valence-corrected chi connectivity index (χ0v) is 18.7. The molecule has 1 aliphatic rings. The van der Waals surface area contributed by atoms with Crippen molar-refractivity contribution in [2.75, 3.05) is 13.7 Å². The van der Waals surface area contributed by atoms with E-state index in [0.717, 1.165) is 16.8 Å². The molecule has 2 aromatic carbocycles. The van der Waals surface area contributed by atoms with Crippen LogP contribution in [0.1, 0.15) is 25.0 Å². The van der Waals surface area contributed by atoms with Gasteiger partial charge in [-0.25, -0.2) is 4.99 Å². The maximum Gasteiger partial charge on any atom is 0.266 e. The van der Waals surface area contributed by atoms with Gasteiger partial charge in [0.2, 0.25) is 0 Å². The lowest BCUT2D eigenvalue weighted by molar-refractivity contribution is -0.123. The Morgan fingerprint density at radius 3 is 2.52 bits per heavy atom. The van der Waals surface area contributed by atoms with E-state index in [4.69, 9.17) is 15.2 Å². The van der Waals surface area contributed by atoms with Gasteiger partial charge in [-0.1, -0.05) is 23.8 Å². The summed E-state index contributed by atoms with van der Waals surface area (Å²) in [5, 5.41) is 0.642. The summed E-state index contributed by atoms with van der Waals surface area (Å²) in [7, 11) is 1.51. The molecule has 0 spiro atoms. The molecule has 31 heavy (non-hydrogen) atoms. The summed E-state index contributed by atoms with van der Waals surface area (Å²) in [6.45, 7) is 5.69. The molecule has 0 bridgehead atoms. The van der Waals surface area contributed by atoms with Crippen LogP contribution in [0.2, 0.25) is 0 Å². The number of methoxy groups -OCH3 is 1. The Morgan fingerprint density at radius 2 is 1.90 bits per heavy atom. The summed E-state index contributed by atoms with van der Waals surface area (Å²) in [6.07, 6.45) is 1.79. The first-order chi connectivity index (χ1) is 14.8. The van der Waals surface area contributed by atoms with Gasteiger partial charge >= 0.3 is 0 Å². The zero-order chi connectivity index (χ0) is 22.5. The van der Waals surface area contributed by atoms with Crippen LogP contribution in [-0.4, -0.2) is 41.6 Å². The van der Waals surface area contributed by atoms with E-state index in [1.807, 2.05) is 45.0 Å².